The van der Waals surface area contributed by atoms with Crippen molar-refractivity contribution in [3.05, 3.63) is 79.7 Å². The normalized spacial score (nSPS) is 18.9. The molecule has 2 amide bonds. The van der Waals surface area contributed by atoms with Crippen LogP contribution in [0.25, 0.3) is 22.3 Å². The number of carbonyl (C=O) groups excluding carboxylic acids is 2. The van der Waals surface area contributed by atoms with Crippen molar-refractivity contribution in [3.8, 4) is 22.8 Å². The van der Waals surface area contributed by atoms with Crippen LogP contribution in [-0.4, -0.2) is 62.6 Å². The third kappa shape index (κ3) is 8.53. The molecule has 0 radical (unpaired) electrons. The van der Waals surface area contributed by atoms with Gasteiger partial charge in [-0.25, -0.2) is 14.6 Å². The fraction of sp³-hybridized carbons (Fsp3) is 0.439. The molecule has 0 bridgehead atoms. The minimum absolute atomic E-state index is 0.00278. The number of hydrogen-bond acceptors (Lipinski definition) is 8. The zero-order valence-corrected chi connectivity index (χ0v) is 30.6. The number of nitrogens with one attached hydrogen (secondary N) is 2. The Labute approximate surface area is 306 Å². The van der Waals surface area contributed by atoms with Crippen LogP contribution < -0.4 is 21.1 Å². The van der Waals surface area contributed by atoms with Crippen LogP contribution in [0.1, 0.15) is 77.7 Å². The molecular weight excluding hydrogens is 653 g/mol. The fourth-order valence-electron chi connectivity index (χ4n) is 7.78. The van der Waals surface area contributed by atoms with Crippen molar-refractivity contribution in [2.24, 2.45) is 11.3 Å². The van der Waals surface area contributed by atoms with Crippen molar-refractivity contribution < 1.29 is 14.3 Å². The first-order valence-electron chi connectivity index (χ1n) is 18.6. The summed E-state index contributed by atoms with van der Waals surface area (Å²) in [4.78, 5) is 36.7. The zero-order chi connectivity index (χ0) is 36.7. The second-order valence-corrected chi connectivity index (χ2v) is 14.5. The van der Waals surface area contributed by atoms with E-state index in [9.17, 15) is 9.59 Å². The molecule has 1 aliphatic heterocycles. The van der Waals surface area contributed by atoms with E-state index >= 15 is 0 Å². The number of aromatic nitrogens is 4. The summed E-state index contributed by atoms with van der Waals surface area (Å²) >= 11 is 0. The third-order valence-electron chi connectivity index (χ3n) is 11.0. The van der Waals surface area contributed by atoms with Gasteiger partial charge in [-0.15, -0.1) is 0 Å². The van der Waals surface area contributed by atoms with Gasteiger partial charge >= 0.3 is 0 Å². The standard InChI is InChI=1S/C41H52N8O3/c1-5-35(50)46-33-25-30(14-15-34(33)52-32-12-8-7-9-13-32)37-36-38(42)44-27-45-39(36)49(47-37)31-17-22-48(23-18-31)24-21-43-40(51)29(4)16-20-41(6-2)19-10-11-28(3)26-41/h5,7-9,12-15,25,27,29,31H,1,3,6,10-11,16-24,26H2,2,4H3,(H,43,51)(H,46,50)(H2,42,44,45)/t29-,41?/m0/s1. The molecule has 2 aliphatic rings. The molecule has 3 heterocycles. The number of likely N-dealkylation sites (tertiary alicyclic amines) is 1. The van der Waals surface area contributed by atoms with Gasteiger partial charge in [0.25, 0.3) is 0 Å². The highest BCUT2D eigenvalue weighted by Gasteiger charge is 2.32. The molecule has 4 N–H and O–H groups in total. The number of nitrogens with two attached hydrogens (primary N) is 1. The molecule has 11 heteroatoms. The number of amides is 2. The van der Waals surface area contributed by atoms with E-state index in [-0.39, 0.29) is 23.8 Å². The number of nitrogens with zero attached hydrogens (tertiary/aromatic N) is 5. The molecule has 6 rings (SSSR count). The number of carbonyl (C=O) groups is 2. The Balaban J connectivity index is 1.09. The highest BCUT2D eigenvalue weighted by Crippen LogP contribution is 2.45. The van der Waals surface area contributed by atoms with Gasteiger partial charge in [0.05, 0.1) is 17.1 Å². The number of ether oxygens (including phenoxy) is 1. The van der Waals surface area contributed by atoms with Crippen molar-refractivity contribution in [1.29, 1.82) is 0 Å². The quantitative estimate of drug-likeness (QED) is 0.0897. The molecule has 52 heavy (non-hydrogen) atoms. The number of para-hydroxylation sites is 1. The maximum atomic E-state index is 13.0. The molecule has 274 valence electrons. The summed E-state index contributed by atoms with van der Waals surface area (Å²) in [7, 11) is 0. The van der Waals surface area contributed by atoms with Crippen LogP contribution in [0, 0.1) is 11.3 Å². The lowest BCUT2D eigenvalue weighted by Crippen LogP contribution is -2.41. The first-order valence-corrected chi connectivity index (χ1v) is 18.6. The first-order chi connectivity index (χ1) is 25.2. The van der Waals surface area contributed by atoms with E-state index in [0.29, 0.717) is 51.7 Å². The van der Waals surface area contributed by atoms with Gasteiger partial charge in [-0.05, 0) is 93.2 Å². The van der Waals surface area contributed by atoms with E-state index in [4.69, 9.17) is 15.6 Å². The number of hydrogen-bond donors (Lipinski definition) is 3. The van der Waals surface area contributed by atoms with Gasteiger partial charge in [-0.1, -0.05) is 57.2 Å². The monoisotopic (exact) mass is 704 g/mol. The Bertz CT molecular complexity index is 1900. The van der Waals surface area contributed by atoms with E-state index in [1.54, 1.807) is 6.07 Å². The molecule has 2 atom stereocenters. The third-order valence-corrected chi connectivity index (χ3v) is 11.0. The largest absolute Gasteiger partial charge is 0.455 e. The Morgan fingerprint density at radius 3 is 2.67 bits per heavy atom. The van der Waals surface area contributed by atoms with Gasteiger partial charge in [-0.2, -0.15) is 5.10 Å². The smallest absolute Gasteiger partial charge is 0.247 e. The molecule has 1 aliphatic carbocycles. The van der Waals surface area contributed by atoms with Crippen molar-refractivity contribution in [2.45, 2.75) is 77.7 Å². The van der Waals surface area contributed by atoms with E-state index < -0.39 is 0 Å². The Morgan fingerprint density at radius 2 is 1.94 bits per heavy atom. The van der Waals surface area contributed by atoms with E-state index in [0.717, 1.165) is 70.1 Å². The summed E-state index contributed by atoms with van der Waals surface area (Å²) in [6, 6.07) is 15.0. The van der Waals surface area contributed by atoms with Crippen LogP contribution >= 0.6 is 0 Å². The average Bonchev–Trinajstić information content (AvgIpc) is 3.56. The molecule has 1 saturated carbocycles. The summed E-state index contributed by atoms with van der Waals surface area (Å²) in [5.41, 5.74) is 10.7. The Hall–Kier alpha value is -5.03. The number of allylic oxidation sites excluding steroid dienone is 1. The van der Waals surface area contributed by atoms with Gasteiger partial charge in [0.15, 0.2) is 11.4 Å². The molecule has 2 fully saturated rings. The number of anilines is 2. The Morgan fingerprint density at radius 1 is 1.15 bits per heavy atom. The van der Waals surface area contributed by atoms with Gasteiger partial charge in [0.1, 0.15) is 23.6 Å². The summed E-state index contributed by atoms with van der Waals surface area (Å²) < 4.78 is 8.09. The van der Waals surface area contributed by atoms with Crippen molar-refractivity contribution in [3.63, 3.8) is 0 Å². The average molecular weight is 705 g/mol. The molecule has 2 aromatic carbocycles. The first kappa shape index (κ1) is 36.8. The minimum atomic E-state index is -0.361. The zero-order valence-electron chi connectivity index (χ0n) is 30.6. The van der Waals surface area contributed by atoms with Crippen LogP contribution in [0.3, 0.4) is 0 Å². The maximum Gasteiger partial charge on any atom is 0.247 e. The number of benzene rings is 2. The lowest BCUT2D eigenvalue weighted by atomic mass is 9.67. The molecule has 2 aromatic heterocycles. The number of rotatable bonds is 14. The molecular formula is C41H52N8O3. The van der Waals surface area contributed by atoms with Gasteiger partial charge in [-0.3, -0.25) is 9.59 Å². The maximum absolute atomic E-state index is 13.0. The highest BCUT2D eigenvalue weighted by atomic mass is 16.5. The molecule has 11 nitrogen and oxygen atoms in total. The van der Waals surface area contributed by atoms with Crippen LogP contribution in [-0.2, 0) is 9.59 Å². The van der Waals surface area contributed by atoms with Crippen LogP contribution in [0.4, 0.5) is 11.5 Å². The van der Waals surface area contributed by atoms with E-state index in [1.807, 2.05) is 47.1 Å². The van der Waals surface area contributed by atoms with Crippen LogP contribution in [0.2, 0.25) is 0 Å². The number of piperidine rings is 1. The van der Waals surface area contributed by atoms with E-state index in [1.165, 1.54) is 30.8 Å². The highest BCUT2D eigenvalue weighted by molar-refractivity contribution is 6.02. The van der Waals surface area contributed by atoms with Gasteiger partial charge < -0.3 is 26.0 Å². The van der Waals surface area contributed by atoms with Crippen LogP contribution in [0.15, 0.2) is 79.7 Å². The molecule has 4 aromatic rings. The minimum Gasteiger partial charge on any atom is -0.455 e. The van der Waals surface area contributed by atoms with Crippen molar-refractivity contribution in [2.75, 3.05) is 37.2 Å². The second-order valence-electron chi connectivity index (χ2n) is 14.5. The SMILES string of the molecule is C=CC(=O)Nc1cc(-c2nn(C3CCN(CCNC(=O)[C@@H](C)CCC4(CC)CCCC(=C)C4)CC3)c3ncnc(N)c23)ccc1Oc1ccccc1. The lowest BCUT2D eigenvalue weighted by molar-refractivity contribution is -0.125. The van der Waals surface area contributed by atoms with Gasteiger partial charge in [0, 0.05) is 37.7 Å². The summed E-state index contributed by atoms with van der Waals surface area (Å²) in [6.07, 6.45) is 12.3. The van der Waals surface area contributed by atoms with Crippen molar-refractivity contribution in [1.82, 2.24) is 30.0 Å². The lowest BCUT2D eigenvalue weighted by Gasteiger charge is -2.38. The van der Waals surface area contributed by atoms with Crippen molar-refractivity contribution >= 4 is 34.4 Å². The van der Waals surface area contributed by atoms with Crippen LogP contribution in [0.5, 0.6) is 11.5 Å². The molecule has 1 unspecified atom stereocenters. The Kier molecular flexibility index (Phi) is 11.7. The van der Waals surface area contributed by atoms with E-state index in [2.05, 4.69) is 52.5 Å². The summed E-state index contributed by atoms with van der Waals surface area (Å²) in [5.74, 6) is 1.25. The van der Waals surface area contributed by atoms with Gasteiger partial charge in [0.2, 0.25) is 11.8 Å². The predicted molar refractivity (Wildman–Crippen MR) is 207 cm³/mol. The molecule has 0 spiro atoms. The second kappa shape index (κ2) is 16.5. The summed E-state index contributed by atoms with van der Waals surface area (Å²) in [6.45, 7) is 15.4. The number of nitrogen functional groups attached to an aromatic ring is 1. The number of fused-ring (bicyclic) bond motifs is 1. The summed E-state index contributed by atoms with van der Waals surface area (Å²) in [5, 5.41) is 11.8. The fourth-order valence-corrected chi connectivity index (χ4v) is 7.78. The topological polar surface area (TPSA) is 140 Å². The molecule has 1 saturated heterocycles. The predicted octanol–water partition coefficient (Wildman–Crippen LogP) is 7.69.